The van der Waals surface area contributed by atoms with Crippen LogP contribution >= 0.6 is 11.8 Å². The Kier molecular flexibility index (Phi) is 6.12. The number of thioether (sulfide) groups is 1. The molecule has 150 valence electrons. The molecule has 2 aromatic heterocycles. The molecule has 8 heteroatoms. The Morgan fingerprint density at radius 2 is 2.00 bits per heavy atom. The van der Waals surface area contributed by atoms with Crippen molar-refractivity contribution in [2.24, 2.45) is 0 Å². The van der Waals surface area contributed by atoms with Gasteiger partial charge in [0, 0.05) is 17.8 Å². The second kappa shape index (κ2) is 8.57. The first-order chi connectivity index (χ1) is 13.8. The molecule has 3 rings (SSSR count). The third-order valence-corrected chi connectivity index (χ3v) is 5.51. The van der Waals surface area contributed by atoms with Gasteiger partial charge in [-0.3, -0.25) is 14.2 Å². The molecule has 0 bridgehead atoms. The van der Waals surface area contributed by atoms with Crippen LogP contribution in [0, 0.1) is 19.7 Å². The number of rotatable bonds is 8. The summed E-state index contributed by atoms with van der Waals surface area (Å²) >= 11 is 1.21. The highest BCUT2D eigenvalue weighted by Gasteiger charge is 2.22. The lowest BCUT2D eigenvalue weighted by Crippen LogP contribution is -2.07. The Labute approximate surface area is 172 Å². The number of hydrogen-bond donors (Lipinski definition) is 1. The SMILES string of the molecule is C=CCn1c(SCC(=O)c2[nH]c(C)c(C(C)=O)c2C)nnc1-c1ccccc1F. The van der Waals surface area contributed by atoms with Gasteiger partial charge in [-0.1, -0.05) is 30.0 Å². The molecule has 0 aliphatic heterocycles. The van der Waals surface area contributed by atoms with E-state index in [2.05, 4.69) is 21.8 Å². The van der Waals surface area contributed by atoms with E-state index in [1.807, 2.05) is 0 Å². The summed E-state index contributed by atoms with van der Waals surface area (Å²) in [6.07, 6.45) is 1.66. The fraction of sp³-hybridized carbons (Fsp3) is 0.238. The van der Waals surface area contributed by atoms with Gasteiger partial charge in [-0.05, 0) is 38.5 Å². The molecule has 0 saturated heterocycles. The lowest BCUT2D eigenvalue weighted by atomic mass is 10.1. The number of aromatic nitrogens is 4. The van der Waals surface area contributed by atoms with E-state index in [4.69, 9.17) is 0 Å². The molecule has 1 aromatic carbocycles. The second-order valence-corrected chi connectivity index (χ2v) is 7.52. The normalized spacial score (nSPS) is 10.9. The summed E-state index contributed by atoms with van der Waals surface area (Å²) in [5.74, 6) is -0.146. The largest absolute Gasteiger partial charge is 0.355 e. The predicted octanol–water partition coefficient (Wildman–Crippen LogP) is 4.39. The van der Waals surface area contributed by atoms with Crippen molar-refractivity contribution in [2.75, 3.05) is 5.75 Å². The van der Waals surface area contributed by atoms with Crippen LogP contribution in [0.5, 0.6) is 0 Å². The molecule has 3 aromatic rings. The van der Waals surface area contributed by atoms with Gasteiger partial charge in [0.2, 0.25) is 0 Å². The van der Waals surface area contributed by atoms with Crippen molar-refractivity contribution in [3.63, 3.8) is 0 Å². The summed E-state index contributed by atoms with van der Waals surface area (Å²) in [4.78, 5) is 27.5. The number of nitrogens with one attached hydrogen (secondary N) is 1. The van der Waals surface area contributed by atoms with Crippen molar-refractivity contribution in [1.29, 1.82) is 0 Å². The fourth-order valence-corrected chi connectivity index (χ4v) is 4.11. The smallest absolute Gasteiger partial charge is 0.192 e. The van der Waals surface area contributed by atoms with E-state index >= 15 is 0 Å². The maximum Gasteiger partial charge on any atom is 0.192 e. The summed E-state index contributed by atoms with van der Waals surface area (Å²) in [5, 5.41) is 8.74. The first-order valence-corrected chi connectivity index (χ1v) is 9.98. The molecule has 0 radical (unpaired) electrons. The van der Waals surface area contributed by atoms with E-state index in [1.165, 1.54) is 24.8 Å². The number of carbonyl (C=O) groups is 2. The van der Waals surface area contributed by atoms with Crippen molar-refractivity contribution < 1.29 is 14.0 Å². The van der Waals surface area contributed by atoms with Gasteiger partial charge >= 0.3 is 0 Å². The highest BCUT2D eigenvalue weighted by Crippen LogP contribution is 2.27. The quantitative estimate of drug-likeness (QED) is 0.337. The van der Waals surface area contributed by atoms with Gasteiger partial charge < -0.3 is 4.98 Å². The number of carbonyl (C=O) groups excluding carboxylic acids is 2. The molecule has 0 aliphatic rings. The highest BCUT2D eigenvalue weighted by molar-refractivity contribution is 7.99. The number of halogens is 1. The van der Waals surface area contributed by atoms with Crippen molar-refractivity contribution in [1.82, 2.24) is 19.7 Å². The number of allylic oxidation sites excluding steroid dienone is 1. The standard InChI is InChI=1S/C21H21FN4O2S/c1-5-10-26-20(15-8-6-7-9-16(15)22)24-25-21(26)29-11-17(28)19-12(2)18(14(4)27)13(3)23-19/h5-9,23H,1,10-11H2,2-4H3. The maximum atomic E-state index is 14.2. The van der Waals surface area contributed by atoms with Gasteiger partial charge in [0.15, 0.2) is 22.5 Å². The minimum absolute atomic E-state index is 0.0804. The average molecular weight is 412 g/mol. The van der Waals surface area contributed by atoms with Gasteiger partial charge in [-0.15, -0.1) is 16.8 Å². The molecule has 0 aliphatic carbocycles. The van der Waals surface area contributed by atoms with Crippen LogP contribution in [0.15, 0.2) is 42.1 Å². The third kappa shape index (κ3) is 4.07. The third-order valence-electron chi connectivity index (χ3n) is 4.54. The predicted molar refractivity (Wildman–Crippen MR) is 111 cm³/mol. The summed E-state index contributed by atoms with van der Waals surface area (Å²) in [6.45, 7) is 9.12. The molecule has 29 heavy (non-hydrogen) atoms. The Morgan fingerprint density at radius 3 is 2.62 bits per heavy atom. The van der Waals surface area contributed by atoms with Crippen molar-refractivity contribution in [3.05, 3.63) is 65.3 Å². The molecular weight excluding hydrogens is 391 g/mol. The first-order valence-electron chi connectivity index (χ1n) is 9.00. The molecule has 0 saturated carbocycles. The summed E-state index contributed by atoms with van der Waals surface area (Å²) in [7, 11) is 0. The van der Waals surface area contributed by atoms with E-state index in [-0.39, 0.29) is 17.3 Å². The minimum atomic E-state index is -0.396. The summed E-state index contributed by atoms with van der Waals surface area (Å²) < 4.78 is 15.9. The van der Waals surface area contributed by atoms with Crippen LogP contribution in [0.3, 0.4) is 0 Å². The Bertz CT molecular complexity index is 1100. The first kappa shape index (κ1) is 20.7. The summed E-state index contributed by atoms with van der Waals surface area (Å²) in [6, 6.07) is 6.33. The van der Waals surface area contributed by atoms with Crippen LogP contribution in [0.2, 0.25) is 0 Å². The fourth-order valence-electron chi connectivity index (χ4n) is 3.29. The monoisotopic (exact) mass is 412 g/mol. The van der Waals surface area contributed by atoms with Crippen molar-refractivity contribution in [3.8, 4) is 11.4 Å². The van der Waals surface area contributed by atoms with Crippen LogP contribution in [-0.2, 0) is 6.54 Å². The molecule has 2 heterocycles. The molecular formula is C21H21FN4O2S. The maximum absolute atomic E-state index is 14.2. The van der Waals surface area contributed by atoms with Crippen molar-refractivity contribution in [2.45, 2.75) is 32.5 Å². The van der Waals surface area contributed by atoms with E-state index in [1.54, 1.807) is 42.7 Å². The molecule has 0 fully saturated rings. The highest BCUT2D eigenvalue weighted by atomic mass is 32.2. The Balaban J connectivity index is 1.85. The zero-order chi connectivity index (χ0) is 21.1. The molecule has 0 atom stereocenters. The van der Waals surface area contributed by atoms with Gasteiger partial charge in [0.05, 0.1) is 17.0 Å². The number of nitrogens with zero attached hydrogens (tertiary/aromatic N) is 3. The molecule has 0 amide bonds. The number of benzene rings is 1. The number of Topliss-reactive ketones (excluding diaryl/α,β-unsaturated/α-hetero) is 2. The zero-order valence-electron chi connectivity index (χ0n) is 16.5. The number of aryl methyl sites for hydroxylation is 1. The van der Waals surface area contributed by atoms with Crippen LogP contribution < -0.4 is 0 Å². The second-order valence-electron chi connectivity index (χ2n) is 6.58. The lowest BCUT2D eigenvalue weighted by Gasteiger charge is -2.08. The summed E-state index contributed by atoms with van der Waals surface area (Å²) in [5.41, 5.74) is 2.64. The Morgan fingerprint density at radius 1 is 1.28 bits per heavy atom. The molecule has 1 N–H and O–H groups in total. The van der Waals surface area contributed by atoms with E-state index in [9.17, 15) is 14.0 Å². The zero-order valence-corrected chi connectivity index (χ0v) is 17.3. The van der Waals surface area contributed by atoms with Crippen LogP contribution in [-0.4, -0.2) is 37.1 Å². The van der Waals surface area contributed by atoms with Gasteiger partial charge in [-0.2, -0.15) is 0 Å². The molecule has 0 spiro atoms. The number of ketones is 2. The Hall–Kier alpha value is -3.00. The van der Waals surface area contributed by atoms with E-state index < -0.39 is 5.82 Å². The number of aromatic amines is 1. The average Bonchev–Trinajstić information content (AvgIpc) is 3.20. The van der Waals surface area contributed by atoms with E-state index in [0.717, 1.165) is 0 Å². The molecule has 0 unspecified atom stereocenters. The van der Waals surface area contributed by atoms with Crippen LogP contribution in [0.4, 0.5) is 4.39 Å². The van der Waals surface area contributed by atoms with E-state index in [0.29, 0.717) is 45.6 Å². The van der Waals surface area contributed by atoms with Gasteiger partial charge in [0.1, 0.15) is 5.82 Å². The number of hydrogen-bond acceptors (Lipinski definition) is 5. The van der Waals surface area contributed by atoms with Crippen LogP contribution in [0.1, 0.15) is 39.0 Å². The van der Waals surface area contributed by atoms with Crippen LogP contribution in [0.25, 0.3) is 11.4 Å². The lowest BCUT2D eigenvalue weighted by molar-refractivity contribution is 0.101. The topological polar surface area (TPSA) is 80.6 Å². The number of H-pyrrole nitrogens is 1. The van der Waals surface area contributed by atoms with Crippen molar-refractivity contribution >= 4 is 23.3 Å². The molecule has 6 nitrogen and oxygen atoms in total. The van der Waals surface area contributed by atoms with Gasteiger partial charge in [-0.25, -0.2) is 4.39 Å². The minimum Gasteiger partial charge on any atom is -0.355 e. The van der Waals surface area contributed by atoms with Gasteiger partial charge in [0.25, 0.3) is 0 Å².